The van der Waals surface area contributed by atoms with Gasteiger partial charge in [-0.1, -0.05) is 11.6 Å². The molecule has 0 spiro atoms. The Balaban J connectivity index is 1.92. The maximum Gasteiger partial charge on any atom is 0.323 e. The minimum absolute atomic E-state index is 0.296. The molecule has 0 aliphatic rings. The Hall–Kier alpha value is -2.73. The highest BCUT2D eigenvalue weighted by molar-refractivity contribution is 6.31. The molecule has 0 bridgehead atoms. The standard InChI is InChI=1S/C15H12ClN3O3/c1-22-13-5-2-8(16)6-10(13)14(20)17-9-3-4-11-12(7-9)19-15(21)18-11/h2-7H,1H3,(H,17,20)(H2,18,19,21). The molecule has 3 rings (SSSR count). The van der Waals surface area contributed by atoms with Gasteiger partial charge >= 0.3 is 5.69 Å². The van der Waals surface area contributed by atoms with Crippen molar-refractivity contribution < 1.29 is 9.53 Å². The van der Waals surface area contributed by atoms with E-state index < -0.39 is 0 Å². The number of H-pyrrole nitrogens is 2. The molecule has 1 aromatic heterocycles. The first-order valence-electron chi connectivity index (χ1n) is 6.44. The fourth-order valence-corrected chi connectivity index (χ4v) is 2.34. The summed E-state index contributed by atoms with van der Waals surface area (Å²) in [5.74, 6) is 0.0783. The monoisotopic (exact) mass is 317 g/mol. The van der Waals surface area contributed by atoms with Gasteiger partial charge in [0.25, 0.3) is 5.91 Å². The number of rotatable bonds is 3. The minimum Gasteiger partial charge on any atom is -0.496 e. The first kappa shape index (κ1) is 14.2. The number of imidazole rings is 1. The molecular weight excluding hydrogens is 306 g/mol. The number of methoxy groups -OCH3 is 1. The van der Waals surface area contributed by atoms with Gasteiger partial charge in [-0.3, -0.25) is 4.79 Å². The highest BCUT2D eigenvalue weighted by atomic mass is 35.5. The molecule has 0 saturated heterocycles. The number of anilines is 1. The number of ether oxygens (including phenoxy) is 1. The number of carbonyl (C=O) groups excluding carboxylic acids is 1. The minimum atomic E-state index is -0.350. The second kappa shape index (κ2) is 5.57. The van der Waals surface area contributed by atoms with Gasteiger partial charge in [0.15, 0.2) is 0 Å². The zero-order valence-corrected chi connectivity index (χ0v) is 12.3. The van der Waals surface area contributed by atoms with Gasteiger partial charge in [-0.25, -0.2) is 4.79 Å². The van der Waals surface area contributed by atoms with Crippen molar-refractivity contribution in [2.24, 2.45) is 0 Å². The number of carbonyl (C=O) groups is 1. The molecule has 1 heterocycles. The Morgan fingerprint density at radius 3 is 2.68 bits per heavy atom. The smallest absolute Gasteiger partial charge is 0.323 e. The summed E-state index contributed by atoms with van der Waals surface area (Å²) in [4.78, 5) is 28.9. The van der Waals surface area contributed by atoms with Crippen molar-refractivity contribution in [1.29, 1.82) is 0 Å². The number of amides is 1. The fourth-order valence-electron chi connectivity index (χ4n) is 2.17. The van der Waals surface area contributed by atoms with Crippen LogP contribution in [0.3, 0.4) is 0 Å². The highest BCUT2D eigenvalue weighted by Crippen LogP contribution is 2.24. The van der Waals surface area contributed by atoms with Crippen LogP contribution in [0.15, 0.2) is 41.2 Å². The molecule has 0 atom stereocenters. The van der Waals surface area contributed by atoms with Gasteiger partial charge in [0.05, 0.1) is 23.7 Å². The normalized spacial score (nSPS) is 10.6. The highest BCUT2D eigenvalue weighted by Gasteiger charge is 2.13. The Labute approximate surface area is 130 Å². The van der Waals surface area contributed by atoms with Crippen LogP contribution in [0.4, 0.5) is 5.69 Å². The van der Waals surface area contributed by atoms with Crippen LogP contribution in [0.5, 0.6) is 5.75 Å². The quantitative estimate of drug-likeness (QED) is 0.694. The molecule has 0 fully saturated rings. The van der Waals surface area contributed by atoms with Gasteiger partial charge in [0, 0.05) is 10.7 Å². The lowest BCUT2D eigenvalue weighted by Gasteiger charge is -2.09. The summed E-state index contributed by atoms with van der Waals surface area (Å²) in [7, 11) is 1.48. The Morgan fingerprint density at radius 1 is 1.14 bits per heavy atom. The number of halogens is 1. The third-order valence-electron chi connectivity index (χ3n) is 3.18. The average molecular weight is 318 g/mol. The first-order valence-corrected chi connectivity index (χ1v) is 6.81. The second-order valence-electron chi connectivity index (χ2n) is 4.64. The zero-order chi connectivity index (χ0) is 15.7. The van der Waals surface area contributed by atoms with E-state index in [1.54, 1.807) is 30.3 Å². The van der Waals surface area contributed by atoms with Crippen LogP contribution < -0.4 is 15.7 Å². The molecule has 2 aromatic carbocycles. The van der Waals surface area contributed by atoms with E-state index >= 15 is 0 Å². The van der Waals surface area contributed by atoms with Gasteiger partial charge in [-0.2, -0.15) is 0 Å². The van der Waals surface area contributed by atoms with Crippen LogP contribution in [0.2, 0.25) is 5.02 Å². The topological polar surface area (TPSA) is 87.0 Å². The van der Waals surface area contributed by atoms with Gasteiger partial charge in [-0.15, -0.1) is 0 Å². The maximum absolute atomic E-state index is 12.4. The molecule has 6 nitrogen and oxygen atoms in total. The van der Waals surface area contributed by atoms with Gasteiger partial charge in [-0.05, 0) is 36.4 Å². The maximum atomic E-state index is 12.4. The molecule has 3 aromatic rings. The van der Waals surface area contributed by atoms with Crippen molar-refractivity contribution in [3.63, 3.8) is 0 Å². The van der Waals surface area contributed by atoms with E-state index in [9.17, 15) is 9.59 Å². The Bertz CT molecular complexity index is 914. The lowest BCUT2D eigenvalue weighted by molar-refractivity contribution is 0.102. The van der Waals surface area contributed by atoms with E-state index in [0.29, 0.717) is 33.1 Å². The lowest BCUT2D eigenvalue weighted by atomic mass is 10.1. The van der Waals surface area contributed by atoms with Crippen molar-refractivity contribution in [3.05, 3.63) is 57.5 Å². The van der Waals surface area contributed by atoms with Crippen LogP contribution >= 0.6 is 11.6 Å². The van der Waals surface area contributed by atoms with E-state index in [-0.39, 0.29) is 11.6 Å². The van der Waals surface area contributed by atoms with Gasteiger partial charge < -0.3 is 20.0 Å². The molecule has 0 radical (unpaired) electrons. The van der Waals surface area contributed by atoms with Crippen LogP contribution in [0, 0.1) is 0 Å². The number of aromatic amines is 2. The molecular formula is C15H12ClN3O3. The summed E-state index contributed by atoms with van der Waals surface area (Å²) in [6, 6.07) is 9.88. The molecule has 7 heteroatoms. The van der Waals surface area contributed by atoms with Crippen LogP contribution in [0.1, 0.15) is 10.4 Å². The van der Waals surface area contributed by atoms with Gasteiger partial charge in [0.1, 0.15) is 5.75 Å². The fraction of sp³-hybridized carbons (Fsp3) is 0.0667. The van der Waals surface area contributed by atoms with Crippen LogP contribution in [-0.4, -0.2) is 23.0 Å². The predicted molar refractivity (Wildman–Crippen MR) is 84.9 cm³/mol. The summed E-state index contributed by atoms with van der Waals surface area (Å²) in [6.45, 7) is 0. The summed E-state index contributed by atoms with van der Waals surface area (Å²) < 4.78 is 5.16. The third kappa shape index (κ3) is 2.68. The molecule has 0 unspecified atom stereocenters. The number of hydrogen-bond donors (Lipinski definition) is 3. The molecule has 22 heavy (non-hydrogen) atoms. The molecule has 0 aliphatic carbocycles. The summed E-state index contributed by atoms with van der Waals surface area (Å²) in [5.41, 5.74) is 1.87. The van der Waals surface area contributed by atoms with Crippen molar-refractivity contribution in [1.82, 2.24) is 9.97 Å². The number of aromatic nitrogens is 2. The lowest BCUT2D eigenvalue weighted by Crippen LogP contribution is -2.13. The van der Waals surface area contributed by atoms with Crippen molar-refractivity contribution in [2.45, 2.75) is 0 Å². The van der Waals surface area contributed by atoms with Crippen molar-refractivity contribution >= 4 is 34.2 Å². The van der Waals surface area contributed by atoms with E-state index in [1.165, 1.54) is 13.2 Å². The number of fused-ring (bicyclic) bond motifs is 1. The summed E-state index contributed by atoms with van der Waals surface area (Å²) in [5, 5.41) is 3.19. The number of nitrogens with one attached hydrogen (secondary N) is 3. The zero-order valence-electron chi connectivity index (χ0n) is 11.6. The molecule has 3 N–H and O–H groups in total. The van der Waals surface area contributed by atoms with Crippen molar-refractivity contribution in [2.75, 3.05) is 12.4 Å². The predicted octanol–water partition coefficient (Wildman–Crippen LogP) is 2.77. The summed E-state index contributed by atoms with van der Waals surface area (Å²) in [6.07, 6.45) is 0. The molecule has 112 valence electrons. The van der Waals surface area contributed by atoms with E-state index in [2.05, 4.69) is 15.3 Å². The second-order valence-corrected chi connectivity index (χ2v) is 5.07. The van der Waals surface area contributed by atoms with E-state index in [0.717, 1.165) is 0 Å². The summed E-state index contributed by atoms with van der Waals surface area (Å²) >= 11 is 5.92. The van der Waals surface area contributed by atoms with E-state index in [4.69, 9.17) is 16.3 Å². The van der Waals surface area contributed by atoms with Gasteiger partial charge in [0.2, 0.25) is 0 Å². The largest absolute Gasteiger partial charge is 0.496 e. The molecule has 1 amide bonds. The average Bonchev–Trinajstić information content (AvgIpc) is 2.86. The van der Waals surface area contributed by atoms with Crippen molar-refractivity contribution in [3.8, 4) is 5.75 Å². The molecule has 0 aliphatic heterocycles. The van der Waals surface area contributed by atoms with Crippen LogP contribution in [-0.2, 0) is 0 Å². The van der Waals surface area contributed by atoms with Crippen LogP contribution in [0.25, 0.3) is 11.0 Å². The number of hydrogen-bond acceptors (Lipinski definition) is 3. The Morgan fingerprint density at radius 2 is 1.91 bits per heavy atom. The SMILES string of the molecule is COc1ccc(Cl)cc1C(=O)Nc1ccc2[nH]c(=O)[nH]c2c1. The van der Waals surface area contributed by atoms with E-state index in [1.807, 2.05) is 0 Å². The number of benzene rings is 2. The Kier molecular flexibility index (Phi) is 3.60. The molecule has 0 saturated carbocycles. The first-order chi connectivity index (χ1) is 10.6. The third-order valence-corrected chi connectivity index (χ3v) is 3.42.